The summed E-state index contributed by atoms with van der Waals surface area (Å²) in [4.78, 5) is 21.6. The molecule has 7 nitrogen and oxygen atoms in total. The number of benzene rings is 1. The topological polar surface area (TPSA) is 78.0 Å². The van der Waals surface area contributed by atoms with E-state index in [2.05, 4.69) is 32.4 Å². The van der Waals surface area contributed by atoms with Crippen molar-refractivity contribution >= 4 is 22.6 Å². The highest BCUT2D eigenvalue weighted by Gasteiger charge is 2.29. The first-order chi connectivity index (χ1) is 12.5. The maximum absolute atomic E-state index is 12.9. The van der Waals surface area contributed by atoms with Crippen molar-refractivity contribution in [1.82, 2.24) is 25.3 Å². The lowest BCUT2D eigenvalue weighted by Gasteiger charge is -2.18. The van der Waals surface area contributed by atoms with Crippen LogP contribution in [0.3, 0.4) is 0 Å². The lowest BCUT2D eigenvalue weighted by Crippen LogP contribution is -2.28. The van der Waals surface area contributed by atoms with Gasteiger partial charge in [-0.1, -0.05) is 0 Å². The van der Waals surface area contributed by atoms with E-state index in [4.69, 9.17) is 4.98 Å². The monoisotopic (exact) mass is 350 g/mol. The molecular weight excluding hydrogens is 328 g/mol. The number of aromatic nitrogens is 4. The molecule has 2 aromatic heterocycles. The van der Waals surface area contributed by atoms with Crippen LogP contribution in [0.5, 0.6) is 0 Å². The molecule has 7 heteroatoms. The molecule has 4 rings (SSSR count). The lowest BCUT2D eigenvalue weighted by molar-refractivity contribution is 0.0791. The molecule has 0 spiro atoms. The van der Waals surface area contributed by atoms with Gasteiger partial charge in [-0.25, -0.2) is 0 Å². The van der Waals surface area contributed by atoms with Crippen molar-refractivity contribution < 1.29 is 4.79 Å². The van der Waals surface area contributed by atoms with E-state index >= 15 is 0 Å². The highest BCUT2D eigenvalue weighted by molar-refractivity contribution is 5.97. The minimum atomic E-state index is 0.0397. The summed E-state index contributed by atoms with van der Waals surface area (Å²) in [6, 6.07) is 9.64. The minimum Gasteiger partial charge on any atom is -0.378 e. The third-order valence-corrected chi connectivity index (χ3v) is 4.93. The van der Waals surface area contributed by atoms with E-state index in [1.807, 2.05) is 38.1 Å². The van der Waals surface area contributed by atoms with Crippen LogP contribution in [0.2, 0.25) is 0 Å². The van der Waals surface area contributed by atoms with E-state index in [0.717, 1.165) is 35.6 Å². The Labute approximate surface area is 152 Å². The number of hydrogen-bond donors (Lipinski definition) is 1. The number of rotatable bonds is 3. The molecule has 134 valence electrons. The summed E-state index contributed by atoms with van der Waals surface area (Å²) >= 11 is 0. The molecule has 0 unspecified atom stereocenters. The van der Waals surface area contributed by atoms with Crippen LogP contribution in [0.4, 0.5) is 5.69 Å². The number of H-pyrrole nitrogens is 1. The van der Waals surface area contributed by atoms with Gasteiger partial charge in [-0.15, -0.1) is 0 Å². The zero-order valence-electron chi connectivity index (χ0n) is 15.2. The summed E-state index contributed by atoms with van der Waals surface area (Å²) in [5, 5.41) is 10.7. The fourth-order valence-corrected chi connectivity index (χ4v) is 3.48. The summed E-state index contributed by atoms with van der Waals surface area (Å²) in [6.07, 6.45) is 0.932. The number of pyridine rings is 1. The van der Waals surface area contributed by atoms with Crippen molar-refractivity contribution in [2.45, 2.75) is 19.3 Å². The Morgan fingerprint density at radius 2 is 2.00 bits per heavy atom. The molecule has 1 aliphatic rings. The smallest absolute Gasteiger partial charge is 0.253 e. The Kier molecular flexibility index (Phi) is 4.06. The standard InChI is InChI=1S/C19H22N6O/c1-12-8-15(24(2)3)10-17(20-12)14-6-7-25(11-14)19(26)13-4-5-16-18(9-13)22-23-21-16/h4-5,8-10,14H,6-7,11H2,1-3H3,(H,21,22,23)/t14-/m1/s1. The van der Waals surface area contributed by atoms with Crippen molar-refractivity contribution in [3.05, 3.63) is 47.3 Å². The summed E-state index contributed by atoms with van der Waals surface area (Å²) in [7, 11) is 4.06. The Hall–Kier alpha value is -2.96. The normalized spacial score (nSPS) is 17.0. The van der Waals surface area contributed by atoms with Crippen molar-refractivity contribution in [2.75, 3.05) is 32.1 Å². The maximum Gasteiger partial charge on any atom is 0.253 e. The number of hydrogen-bond acceptors (Lipinski definition) is 5. The van der Waals surface area contributed by atoms with Gasteiger partial charge in [0.1, 0.15) is 11.0 Å². The van der Waals surface area contributed by atoms with Gasteiger partial charge < -0.3 is 9.80 Å². The van der Waals surface area contributed by atoms with Gasteiger partial charge >= 0.3 is 0 Å². The molecule has 1 aromatic carbocycles. The SMILES string of the molecule is Cc1cc(N(C)C)cc([C@@H]2CCN(C(=O)c3ccc4n[nH]nc4c3)C2)n1. The molecule has 3 heterocycles. The minimum absolute atomic E-state index is 0.0397. The second-order valence-electron chi connectivity index (χ2n) is 7.05. The zero-order chi connectivity index (χ0) is 18.3. The first-order valence-electron chi connectivity index (χ1n) is 8.77. The second kappa shape index (κ2) is 6.40. The molecule has 1 amide bonds. The molecule has 0 saturated carbocycles. The number of carbonyl (C=O) groups is 1. The van der Waals surface area contributed by atoms with Gasteiger partial charge in [-0.2, -0.15) is 15.4 Å². The predicted molar refractivity (Wildman–Crippen MR) is 100 cm³/mol. The maximum atomic E-state index is 12.9. The zero-order valence-corrected chi connectivity index (χ0v) is 15.2. The van der Waals surface area contributed by atoms with Gasteiger partial charge in [-0.05, 0) is 43.7 Å². The molecule has 0 aliphatic carbocycles. The molecule has 1 N–H and O–H groups in total. The van der Waals surface area contributed by atoms with Gasteiger partial charge in [0, 0.05) is 55.7 Å². The second-order valence-corrected chi connectivity index (χ2v) is 7.05. The Morgan fingerprint density at radius 1 is 1.19 bits per heavy atom. The van der Waals surface area contributed by atoms with Crippen LogP contribution in [-0.2, 0) is 0 Å². The molecular formula is C19H22N6O. The molecule has 26 heavy (non-hydrogen) atoms. The average Bonchev–Trinajstić information content (AvgIpc) is 3.29. The third kappa shape index (κ3) is 3.00. The van der Waals surface area contributed by atoms with Gasteiger partial charge in [-0.3, -0.25) is 9.78 Å². The van der Waals surface area contributed by atoms with Crippen molar-refractivity contribution in [3.63, 3.8) is 0 Å². The van der Waals surface area contributed by atoms with E-state index in [-0.39, 0.29) is 11.8 Å². The molecule has 1 atom stereocenters. The van der Waals surface area contributed by atoms with Crippen molar-refractivity contribution in [1.29, 1.82) is 0 Å². The predicted octanol–water partition coefficient (Wildman–Crippen LogP) is 2.36. The number of nitrogens with one attached hydrogen (secondary N) is 1. The Balaban J connectivity index is 1.53. The van der Waals surface area contributed by atoms with Crippen LogP contribution in [0.15, 0.2) is 30.3 Å². The summed E-state index contributed by atoms with van der Waals surface area (Å²) < 4.78 is 0. The number of nitrogens with zero attached hydrogens (tertiary/aromatic N) is 5. The van der Waals surface area contributed by atoms with Gasteiger partial charge in [0.2, 0.25) is 0 Å². The number of anilines is 1. The first-order valence-corrected chi connectivity index (χ1v) is 8.77. The largest absolute Gasteiger partial charge is 0.378 e. The van der Waals surface area contributed by atoms with Crippen molar-refractivity contribution in [3.8, 4) is 0 Å². The third-order valence-electron chi connectivity index (χ3n) is 4.93. The molecule has 0 radical (unpaired) electrons. The van der Waals surface area contributed by atoms with Gasteiger partial charge in [0.25, 0.3) is 5.91 Å². The van der Waals surface area contributed by atoms with E-state index in [1.165, 1.54) is 0 Å². The fraction of sp³-hybridized carbons (Fsp3) is 0.368. The van der Waals surface area contributed by atoms with E-state index in [0.29, 0.717) is 17.6 Å². The first kappa shape index (κ1) is 16.5. The Morgan fingerprint density at radius 3 is 2.81 bits per heavy atom. The molecule has 3 aromatic rings. The quantitative estimate of drug-likeness (QED) is 0.784. The van der Waals surface area contributed by atoms with E-state index in [1.54, 1.807) is 6.07 Å². The number of aryl methyl sites for hydroxylation is 1. The van der Waals surface area contributed by atoms with Crippen molar-refractivity contribution in [2.24, 2.45) is 0 Å². The molecule has 1 aliphatic heterocycles. The molecule has 1 saturated heterocycles. The lowest BCUT2D eigenvalue weighted by atomic mass is 10.0. The van der Waals surface area contributed by atoms with Crippen LogP contribution in [-0.4, -0.2) is 58.4 Å². The van der Waals surface area contributed by atoms with E-state index in [9.17, 15) is 4.79 Å². The van der Waals surface area contributed by atoms with Crippen LogP contribution in [0, 0.1) is 6.92 Å². The summed E-state index contributed by atoms with van der Waals surface area (Å²) in [5.41, 5.74) is 5.35. The summed E-state index contributed by atoms with van der Waals surface area (Å²) in [6.45, 7) is 3.45. The van der Waals surface area contributed by atoms with Crippen LogP contribution in [0.25, 0.3) is 11.0 Å². The van der Waals surface area contributed by atoms with Gasteiger partial charge in [0.15, 0.2) is 0 Å². The Bertz CT molecular complexity index is 964. The average molecular weight is 350 g/mol. The summed E-state index contributed by atoms with van der Waals surface area (Å²) in [5.74, 6) is 0.311. The molecule has 0 bridgehead atoms. The number of aromatic amines is 1. The number of likely N-dealkylation sites (tertiary alicyclic amines) is 1. The highest BCUT2D eigenvalue weighted by Crippen LogP contribution is 2.29. The number of fused-ring (bicyclic) bond motifs is 1. The van der Waals surface area contributed by atoms with Crippen LogP contribution >= 0.6 is 0 Å². The molecule has 1 fully saturated rings. The van der Waals surface area contributed by atoms with Crippen LogP contribution < -0.4 is 4.90 Å². The fourth-order valence-electron chi connectivity index (χ4n) is 3.48. The van der Waals surface area contributed by atoms with E-state index < -0.39 is 0 Å². The van der Waals surface area contributed by atoms with Gasteiger partial charge in [0.05, 0.1) is 0 Å². The number of amides is 1. The van der Waals surface area contributed by atoms with Crippen LogP contribution in [0.1, 0.15) is 34.1 Å². The highest BCUT2D eigenvalue weighted by atomic mass is 16.2. The number of carbonyl (C=O) groups excluding carboxylic acids is 1.